The normalized spacial score (nSPS) is 21.2. The fraction of sp³-hybridized carbons (Fsp3) is 0.333. The van der Waals surface area contributed by atoms with Gasteiger partial charge >= 0.3 is 132 Å². The van der Waals surface area contributed by atoms with Gasteiger partial charge in [-0.05, 0) is 0 Å². The molecule has 0 bridgehead atoms. The average molecular weight is 490 g/mol. The van der Waals surface area contributed by atoms with E-state index in [0.29, 0.717) is 0 Å². The molecule has 0 fully saturated rings. The van der Waals surface area contributed by atoms with Gasteiger partial charge in [0.2, 0.25) is 0 Å². The first kappa shape index (κ1) is 21.7. The fourth-order valence-electron chi connectivity index (χ4n) is 2.81. The smallest absolute Gasteiger partial charge is 0.147 e. The standard InChI is InChI=1S/C15H15BrN.3ClH.Zr/c1-8-5-11-7-13-14(15(16)12(11)6-8)9(2)10(3)17(13)4;;;;/h5-7H,1-4H3;3*1H;. The third-order valence-corrected chi connectivity index (χ3v) is 6.78. The maximum atomic E-state index is 3.83. The van der Waals surface area contributed by atoms with Crippen LogP contribution in [0.5, 0.6) is 0 Å². The molecule has 1 aromatic rings. The zero-order valence-electron chi connectivity index (χ0n) is 12.3. The van der Waals surface area contributed by atoms with Crippen molar-refractivity contribution >= 4 is 76.6 Å². The molecule has 0 radical (unpaired) electrons. The minimum atomic E-state index is 0. The molecular weight excluding hydrogens is 472 g/mol. The maximum absolute atomic E-state index is 3.83. The van der Waals surface area contributed by atoms with Crippen molar-refractivity contribution < 1.29 is 24.7 Å². The van der Waals surface area contributed by atoms with Crippen molar-refractivity contribution in [1.29, 1.82) is 0 Å². The number of hydrogen-bond acceptors (Lipinski definition) is 1. The molecule has 1 heterocycles. The van der Waals surface area contributed by atoms with Crippen LogP contribution in [-0.2, 0) is 24.7 Å². The zero-order chi connectivity index (χ0) is 13.2. The molecule has 2 aliphatic rings. The quantitative estimate of drug-likeness (QED) is 0.536. The largest absolute Gasteiger partial charge is 0.147 e. The van der Waals surface area contributed by atoms with E-state index in [1.165, 1.54) is 62.0 Å². The van der Waals surface area contributed by atoms with Crippen molar-refractivity contribution in [1.82, 2.24) is 0 Å². The zero-order valence-corrected chi connectivity index (χ0v) is 18.8. The Morgan fingerprint density at radius 3 is 2.29 bits per heavy atom. The molecule has 21 heavy (non-hydrogen) atoms. The van der Waals surface area contributed by atoms with Gasteiger partial charge in [0.1, 0.15) is 0 Å². The van der Waals surface area contributed by atoms with Crippen molar-refractivity contribution in [2.24, 2.45) is 0 Å². The molecule has 3 rings (SSSR count). The van der Waals surface area contributed by atoms with Crippen molar-refractivity contribution in [3.8, 4) is 0 Å². The Morgan fingerprint density at radius 1 is 1.14 bits per heavy atom. The number of benzene rings is 1. The molecule has 115 valence electrons. The van der Waals surface area contributed by atoms with Crippen LogP contribution in [0.15, 0.2) is 16.1 Å². The van der Waals surface area contributed by atoms with Gasteiger partial charge in [-0.25, -0.2) is 0 Å². The van der Waals surface area contributed by atoms with E-state index in [2.05, 4.69) is 66.9 Å². The van der Waals surface area contributed by atoms with Gasteiger partial charge in [0.15, 0.2) is 0 Å². The molecule has 1 aliphatic heterocycles. The summed E-state index contributed by atoms with van der Waals surface area (Å²) in [5.41, 5.74) is 5.51. The first-order chi connectivity index (χ1) is 8.34. The number of halogens is 4. The predicted octanol–water partition coefficient (Wildman–Crippen LogP) is 3.80. The van der Waals surface area contributed by atoms with Gasteiger partial charge in [0.25, 0.3) is 0 Å². The van der Waals surface area contributed by atoms with Crippen LogP contribution in [0.25, 0.3) is 17.7 Å². The molecule has 1 nitrogen and oxygen atoms in total. The van der Waals surface area contributed by atoms with Crippen molar-refractivity contribution in [2.75, 3.05) is 11.9 Å². The molecule has 0 aromatic heterocycles. The van der Waals surface area contributed by atoms with Crippen LogP contribution >= 0.6 is 53.2 Å². The number of fused-ring (bicyclic) bond motifs is 2. The topological polar surface area (TPSA) is 3.24 Å². The van der Waals surface area contributed by atoms with Crippen LogP contribution in [0.1, 0.15) is 26.3 Å². The Hall–Kier alpha value is 0.733. The molecule has 0 amide bonds. The molecule has 0 spiro atoms. The van der Waals surface area contributed by atoms with Crippen molar-refractivity contribution in [2.45, 2.75) is 24.0 Å². The van der Waals surface area contributed by atoms with Crippen LogP contribution in [0.4, 0.5) is 5.69 Å². The van der Waals surface area contributed by atoms with Crippen molar-refractivity contribution in [3.05, 3.63) is 32.1 Å². The minimum Gasteiger partial charge on any atom is -0.147 e. The molecule has 1 aliphatic carbocycles. The van der Waals surface area contributed by atoms with Crippen LogP contribution in [-0.4, -0.2) is 10.3 Å². The van der Waals surface area contributed by atoms with E-state index in [1.807, 2.05) is 0 Å². The number of nitrogens with zero attached hydrogens (tertiary/aromatic N) is 1. The van der Waals surface area contributed by atoms with E-state index in [9.17, 15) is 0 Å². The molecule has 0 saturated heterocycles. The third kappa shape index (κ3) is 3.06. The predicted molar refractivity (Wildman–Crippen MR) is 99.1 cm³/mol. The van der Waals surface area contributed by atoms with Crippen molar-refractivity contribution in [3.63, 3.8) is 0 Å². The Morgan fingerprint density at radius 2 is 1.71 bits per heavy atom. The maximum Gasteiger partial charge on any atom is -0.147 e. The van der Waals surface area contributed by atoms with Gasteiger partial charge in [-0.2, -0.15) is 0 Å². The SMILES string of the molecule is CC1=Cc2c(Br)c3c(cc2=C1)N(C)[C](C)([Zr])C=3C.Cl.Cl.Cl. The number of allylic oxidation sites excluding steroid dienone is 1. The second kappa shape index (κ2) is 7.09. The van der Waals surface area contributed by atoms with E-state index in [0.717, 1.165) is 0 Å². The molecular formula is C15H18BrCl3NZr. The summed E-state index contributed by atoms with van der Waals surface area (Å²) in [5, 5.41) is 2.74. The summed E-state index contributed by atoms with van der Waals surface area (Å²) in [5.74, 6) is 0. The summed E-state index contributed by atoms with van der Waals surface area (Å²) < 4.78 is 1.45. The van der Waals surface area contributed by atoms with Gasteiger partial charge < -0.3 is 0 Å². The Bertz CT molecular complexity index is 725. The van der Waals surface area contributed by atoms with Gasteiger partial charge in [0.05, 0.1) is 0 Å². The van der Waals surface area contributed by atoms with Gasteiger partial charge in [0, 0.05) is 0 Å². The third-order valence-electron chi connectivity index (χ3n) is 4.21. The fourth-order valence-corrected chi connectivity index (χ4v) is 4.26. The van der Waals surface area contributed by atoms with Crippen LogP contribution in [0.3, 0.4) is 0 Å². The van der Waals surface area contributed by atoms with E-state index in [1.54, 1.807) is 0 Å². The van der Waals surface area contributed by atoms with Crippen LogP contribution in [0, 0.1) is 0 Å². The van der Waals surface area contributed by atoms with Gasteiger partial charge in [-0.15, -0.1) is 37.2 Å². The number of rotatable bonds is 0. The summed E-state index contributed by atoms with van der Waals surface area (Å²) in [4.78, 5) is 2.42. The second-order valence-electron chi connectivity index (χ2n) is 5.38. The molecule has 0 N–H and O–H groups in total. The molecule has 6 heteroatoms. The summed E-state index contributed by atoms with van der Waals surface area (Å²) in [7, 11) is 2.21. The van der Waals surface area contributed by atoms with Crippen LogP contribution in [0.2, 0.25) is 0 Å². The van der Waals surface area contributed by atoms with E-state index in [4.69, 9.17) is 0 Å². The van der Waals surface area contributed by atoms with E-state index >= 15 is 0 Å². The molecule has 1 unspecified atom stereocenters. The minimum absolute atomic E-state index is 0. The van der Waals surface area contributed by atoms with E-state index < -0.39 is 0 Å². The first-order valence-electron chi connectivity index (χ1n) is 6.07. The first-order valence-corrected chi connectivity index (χ1v) is 8.09. The number of hydrogen-bond donors (Lipinski definition) is 0. The average Bonchev–Trinajstić information content (AvgIpc) is 2.74. The van der Waals surface area contributed by atoms with E-state index in [-0.39, 0.29) is 40.5 Å². The molecule has 1 atom stereocenters. The summed E-state index contributed by atoms with van der Waals surface area (Å²) in [6.07, 6.45) is 4.54. The molecule has 0 saturated carbocycles. The Balaban J connectivity index is 0.00000133. The Kier molecular flexibility index (Phi) is 7.34. The van der Waals surface area contributed by atoms with Gasteiger partial charge in [-0.1, -0.05) is 0 Å². The summed E-state index contributed by atoms with van der Waals surface area (Å²) >= 11 is 5.37. The summed E-state index contributed by atoms with van der Waals surface area (Å²) in [6.45, 7) is 6.75. The second-order valence-corrected chi connectivity index (χ2v) is 8.56. The monoisotopic (exact) mass is 486 g/mol. The van der Waals surface area contributed by atoms with Gasteiger partial charge in [-0.3, -0.25) is 0 Å². The Labute approximate surface area is 168 Å². The summed E-state index contributed by atoms with van der Waals surface area (Å²) in [6, 6.07) is 2.33. The van der Waals surface area contributed by atoms with Crippen LogP contribution < -0.4 is 15.3 Å². The number of anilines is 1. The molecule has 1 aromatic carbocycles.